The third kappa shape index (κ3) is 1.83. The van der Waals surface area contributed by atoms with E-state index >= 15 is 0 Å². The van der Waals surface area contributed by atoms with Crippen molar-refractivity contribution in [3.05, 3.63) is 34.1 Å². The molecule has 0 radical (unpaired) electrons. The van der Waals surface area contributed by atoms with Gasteiger partial charge in [-0.3, -0.25) is 10.1 Å². The number of aliphatic hydroxyl groups is 1. The molecule has 16 heavy (non-hydrogen) atoms. The van der Waals surface area contributed by atoms with Gasteiger partial charge in [-0.2, -0.15) is 0 Å². The minimum atomic E-state index is -0.622. The lowest BCUT2D eigenvalue weighted by molar-refractivity contribution is -0.384. The first kappa shape index (κ1) is 10.8. The second-order valence-corrected chi connectivity index (χ2v) is 3.75. The van der Waals surface area contributed by atoms with E-state index in [1.165, 1.54) is 23.1 Å². The first-order chi connectivity index (χ1) is 7.59. The Morgan fingerprint density at radius 2 is 2.31 bits per heavy atom. The van der Waals surface area contributed by atoms with Gasteiger partial charge < -0.3 is 10.0 Å². The lowest BCUT2D eigenvalue weighted by atomic mass is 10.2. The zero-order valence-electron chi connectivity index (χ0n) is 8.47. The van der Waals surface area contributed by atoms with Crippen LogP contribution in [-0.2, 0) is 0 Å². The van der Waals surface area contributed by atoms with Gasteiger partial charge in [0.2, 0.25) is 0 Å². The summed E-state index contributed by atoms with van der Waals surface area (Å²) in [4.78, 5) is 11.7. The molecule has 0 aliphatic carbocycles. The Hall–Kier alpha value is -1.69. The van der Waals surface area contributed by atoms with Gasteiger partial charge in [0.25, 0.3) is 5.69 Å². The van der Waals surface area contributed by atoms with Crippen molar-refractivity contribution in [1.82, 2.24) is 0 Å². The average Bonchev–Trinajstić information content (AvgIpc) is 2.64. The molecule has 0 saturated carbocycles. The van der Waals surface area contributed by atoms with E-state index in [1.54, 1.807) is 0 Å². The second-order valence-electron chi connectivity index (χ2n) is 3.75. The SMILES string of the molecule is O=[N+]([O-])c1cccc(F)c1N1CC[C@H](O)C1. The molecular weight excluding hydrogens is 215 g/mol. The van der Waals surface area contributed by atoms with E-state index < -0.39 is 16.8 Å². The Kier molecular flexibility index (Phi) is 2.74. The van der Waals surface area contributed by atoms with Crippen LogP contribution in [0.5, 0.6) is 0 Å². The summed E-state index contributed by atoms with van der Waals surface area (Å²) in [5.41, 5.74) is -0.279. The fourth-order valence-corrected chi connectivity index (χ4v) is 1.91. The van der Waals surface area contributed by atoms with Crippen molar-refractivity contribution in [1.29, 1.82) is 0 Å². The summed E-state index contributed by atoms with van der Waals surface area (Å²) in [6.07, 6.45) is -0.0370. The van der Waals surface area contributed by atoms with Crippen LogP contribution < -0.4 is 4.90 Å². The molecule has 0 spiro atoms. The van der Waals surface area contributed by atoms with Gasteiger partial charge in [-0.25, -0.2) is 4.39 Å². The molecule has 2 rings (SSSR count). The molecule has 1 saturated heterocycles. The maximum Gasteiger partial charge on any atom is 0.295 e. The summed E-state index contributed by atoms with van der Waals surface area (Å²) < 4.78 is 13.6. The molecule has 1 aromatic rings. The number of para-hydroxylation sites is 1. The Morgan fingerprint density at radius 1 is 1.56 bits per heavy atom. The number of hydrogen-bond donors (Lipinski definition) is 1. The minimum Gasteiger partial charge on any atom is -0.391 e. The molecule has 5 nitrogen and oxygen atoms in total. The van der Waals surface area contributed by atoms with Gasteiger partial charge in [-0.1, -0.05) is 6.07 Å². The number of nitrogens with zero attached hydrogens (tertiary/aromatic N) is 2. The number of benzene rings is 1. The molecular formula is C10H11FN2O3. The predicted molar refractivity (Wildman–Crippen MR) is 55.9 cm³/mol. The number of hydrogen-bond acceptors (Lipinski definition) is 4. The van der Waals surface area contributed by atoms with E-state index in [4.69, 9.17) is 0 Å². The fourth-order valence-electron chi connectivity index (χ4n) is 1.91. The molecule has 0 aromatic heterocycles. The largest absolute Gasteiger partial charge is 0.391 e. The van der Waals surface area contributed by atoms with Crippen LogP contribution in [0.15, 0.2) is 18.2 Å². The van der Waals surface area contributed by atoms with Crippen molar-refractivity contribution in [2.75, 3.05) is 18.0 Å². The lowest BCUT2D eigenvalue weighted by Gasteiger charge is -2.18. The zero-order valence-corrected chi connectivity index (χ0v) is 8.47. The summed E-state index contributed by atoms with van der Waals surface area (Å²) in [5, 5.41) is 20.1. The summed E-state index contributed by atoms with van der Waals surface area (Å²) in [5.74, 6) is -0.622. The van der Waals surface area contributed by atoms with Crippen LogP contribution in [-0.4, -0.2) is 29.2 Å². The van der Waals surface area contributed by atoms with Gasteiger partial charge >= 0.3 is 0 Å². The van der Waals surface area contributed by atoms with Crippen LogP contribution in [0.2, 0.25) is 0 Å². The van der Waals surface area contributed by atoms with Gasteiger partial charge in [-0.15, -0.1) is 0 Å². The number of nitro groups is 1. The maximum absolute atomic E-state index is 13.6. The van der Waals surface area contributed by atoms with E-state index in [9.17, 15) is 19.6 Å². The number of nitro benzene ring substituents is 1. The van der Waals surface area contributed by atoms with Gasteiger partial charge in [0.05, 0.1) is 11.0 Å². The average molecular weight is 226 g/mol. The molecule has 1 N–H and O–H groups in total. The molecule has 6 heteroatoms. The molecule has 0 unspecified atom stereocenters. The number of aliphatic hydroxyl groups excluding tert-OH is 1. The van der Waals surface area contributed by atoms with E-state index in [0.717, 1.165) is 0 Å². The molecule has 1 aromatic carbocycles. The zero-order chi connectivity index (χ0) is 11.7. The summed E-state index contributed by atoms with van der Waals surface area (Å²) in [7, 11) is 0. The van der Waals surface area contributed by atoms with Gasteiger partial charge in [0.1, 0.15) is 0 Å². The first-order valence-electron chi connectivity index (χ1n) is 4.95. The van der Waals surface area contributed by atoms with Crippen molar-refractivity contribution < 1.29 is 14.4 Å². The van der Waals surface area contributed by atoms with E-state index in [1.807, 2.05) is 0 Å². The number of halogens is 1. The quantitative estimate of drug-likeness (QED) is 0.609. The van der Waals surface area contributed by atoms with Crippen molar-refractivity contribution in [2.24, 2.45) is 0 Å². The smallest absolute Gasteiger partial charge is 0.295 e. The van der Waals surface area contributed by atoms with E-state index in [2.05, 4.69) is 0 Å². The molecule has 86 valence electrons. The van der Waals surface area contributed by atoms with Crippen LogP contribution in [0.4, 0.5) is 15.8 Å². The molecule has 1 aliphatic rings. The molecule has 0 amide bonds. The third-order valence-corrected chi connectivity index (χ3v) is 2.64. The predicted octanol–water partition coefficient (Wildman–Crippen LogP) is 1.30. The molecule has 1 fully saturated rings. The summed E-state index contributed by atoms with van der Waals surface area (Å²) >= 11 is 0. The van der Waals surface area contributed by atoms with Crippen molar-refractivity contribution in [3.8, 4) is 0 Å². The van der Waals surface area contributed by atoms with Crippen LogP contribution in [0, 0.1) is 15.9 Å². The maximum atomic E-state index is 13.6. The van der Waals surface area contributed by atoms with Crippen LogP contribution in [0.3, 0.4) is 0 Å². The molecule has 1 aliphatic heterocycles. The standard InChI is InChI=1S/C10H11FN2O3/c11-8-2-1-3-9(13(15)16)10(8)12-5-4-7(14)6-12/h1-3,7,14H,4-6H2/t7-/m0/s1. The Labute approximate surface area is 91.3 Å². The van der Waals surface area contributed by atoms with Crippen molar-refractivity contribution in [3.63, 3.8) is 0 Å². The van der Waals surface area contributed by atoms with E-state index in [-0.39, 0.29) is 17.9 Å². The Bertz CT molecular complexity index is 425. The number of rotatable bonds is 2. The molecule has 0 bridgehead atoms. The number of β-amino-alcohol motifs (C(OH)–C–C–N with tert-alkyl or cyclic N) is 1. The lowest BCUT2D eigenvalue weighted by Crippen LogP contribution is -2.23. The first-order valence-corrected chi connectivity index (χ1v) is 4.95. The van der Waals surface area contributed by atoms with Crippen LogP contribution in [0.25, 0.3) is 0 Å². The third-order valence-electron chi connectivity index (χ3n) is 2.64. The number of anilines is 1. The molecule has 1 heterocycles. The normalized spacial score (nSPS) is 20.1. The van der Waals surface area contributed by atoms with Crippen molar-refractivity contribution in [2.45, 2.75) is 12.5 Å². The minimum absolute atomic E-state index is 0.0240. The van der Waals surface area contributed by atoms with Crippen LogP contribution >= 0.6 is 0 Å². The van der Waals surface area contributed by atoms with Gasteiger partial charge in [0.15, 0.2) is 11.5 Å². The second kappa shape index (κ2) is 4.05. The summed E-state index contributed by atoms with van der Waals surface area (Å²) in [6.45, 7) is 0.671. The monoisotopic (exact) mass is 226 g/mol. The summed E-state index contributed by atoms with van der Waals surface area (Å²) in [6, 6.07) is 3.76. The van der Waals surface area contributed by atoms with E-state index in [0.29, 0.717) is 13.0 Å². The topological polar surface area (TPSA) is 66.6 Å². The highest BCUT2D eigenvalue weighted by molar-refractivity contribution is 5.64. The fraction of sp³-hybridized carbons (Fsp3) is 0.400. The van der Waals surface area contributed by atoms with Crippen molar-refractivity contribution >= 4 is 11.4 Å². The molecule has 1 atom stereocenters. The van der Waals surface area contributed by atoms with Gasteiger partial charge in [0, 0.05) is 19.2 Å². The highest BCUT2D eigenvalue weighted by Crippen LogP contribution is 2.33. The Morgan fingerprint density at radius 3 is 2.88 bits per heavy atom. The highest BCUT2D eigenvalue weighted by Gasteiger charge is 2.28. The highest BCUT2D eigenvalue weighted by atomic mass is 19.1. The van der Waals surface area contributed by atoms with Gasteiger partial charge in [-0.05, 0) is 12.5 Å². The Balaban J connectivity index is 2.42. The van der Waals surface area contributed by atoms with Crippen LogP contribution in [0.1, 0.15) is 6.42 Å².